The zero-order valence-corrected chi connectivity index (χ0v) is 40.0. The number of fused-ring (bicyclic) bond motifs is 4. The normalized spacial score (nSPS) is 18.8. The summed E-state index contributed by atoms with van der Waals surface area (Å²) in [6, 6.07) is 50.6. The van der Waals surface area contributed by atoms with E-state index in [1.54, 1.807) is 48.5 Å². The smallest absolute Gasteiger partial charge is 0.338 e. The molecule has 6 aromatic carbocycles. The van der Waals surface area contributed by atoms with E-state index in [9.17, 15) is 14.4 Å². The molecule has 0 aromatic heterocycles. The number of hydrogen-bond donors (Lipinski definition) is 0. The predicted molar refractivity (Wildman–Crippen MR) is 266 cm³/mol. The first-order chi connectivity index (χ1) is 32.6. The van der Waals surface area contributed by atoms with Crippen molar-refractivity contribution in [1.82, 2.24) is 4.90 Å². The van der Waals surface area contributed by atoms with Crippen LogP contribution in [0.4, 0.5) is 0 Å². The van der Waals surface area contributed by atoms with Crippen LogP contribution < -0.4 is 0 Å². The van der Waals surface area contributed by atoms with Gasteiger partial charge in [-0.3, -0.25) is 14.5 Å². The third-order valence-corrected chi connectivity index (χ3v) is 13.7. The van der Waals surface area contributed by atoms with Crippen LogP contribution >= 0.6 is 34.8 Å². The molecule has 0 spiro atoms. The molecule has 350 valence electrons. The van der Waals surface area contributed by atoms with Crippen LogP contribution in [0.15, 0.2) is 158 Å². The van der Waals surface area contributed by atoms with Crippen molar-refractivity contribution in [3.63, 3.8) is 0 Å². The van der Waals surface area contributed by atoms with E-state index in [0.29, 0.717) is 48.3 Å². The lowest BCUT2D eigenvalue weighted by Gasteiger charge is -2.24. The van der Waals surface area contributed by atoms with E-state index in [1.807, 2.05) is 60.7 Å². The van der Waals surface area contributed by atoms with Gasteiger partial charge in [-0.1, -0.05) is 182 Å². The highest BCUT2D eigenvalue weighted by molar-refractivity contribution is 6.23. The maximum Gasteiger partial charge on any atom is 0.338 e. The quantitative estimate of drug-likeness (QED) is 0.0481. The number of nitrogens with zero attached hydrogens (tertiary/aromatic N) is 1. The number of hydrogen-bond acceptors (Lipinski definition) is 7. The minimum absolute atomic E-state index is 0.0000489. The van der Waals surface area contributed by atoms with Gasteiger partial charge in [0.1, 0.15) is 17.7 Å². The van der Waals surface area contributed by atoms with E-state index in [0.717, 1.165) is 41.0 Å². The van der Waals surface area contributed by atoms with Gasteiger partial charge in [-0.25, -0.2) is 4.79 Å². The Labute approximate surface area is 409 Å². The first-order valence-electron chi connectivity index (χ1n) is 23.1. The molecule has 0 radical (unpaired) electrons. The van der Waals surface area contributed by atoms with E-state index >= 15 is 0 Å². The lowest BCUT2D eigenvalue weighted by molar-refractivity contribution is 0.0166. The summed E-state index contributed by atoms with van der Waals surface area (Å²) >= 11 is 18.7. The van der Waals surface area contributed by atoms with E-state index in [-0.39, 0.29) is 30.5 Å². The molecule has 7 atom stereocenters. The monoisotopic (exact) mass is 961 g/mol. The number of alkyl halides is 3. The zero-order chi connectivity index (χ0) is 47.0. The molecule has 0 saturated heterocycles. The van der Waals surface area contributed by atoms with Crippen molar-refractivity contribution in [2.75, 3.05) is 26.4 Å². The van der Waals surface area contributed by atoms with Gasteiger partial charge in [0.15, 0.2) is 5.56 Å². The van der Waals surface area contributed by atoms with Crippen LogP contribution in [-0.4, -0.2) is 65.7 Å². The molecule has 3 aliphatic rings. The number of ether oxygens (including phenoxy) is 4. The summed E-state index contributed by atoms with van der Waals surface area (Å²) in [5, 5.41) is 2.28. The predicted octanol–water partition coefficient (Wildman–Crippen LogP) is 12.8. The lowest BCUT2D eigenvalue weighted by Crippen LogP contribution is -2.36. The third-order valence-electron chi connectivity index (χ3n) is 12.6. The SMILES string of the molecule is CC(Cc1ccccc1)C(Cl)OCCc1ccccc1.O=C(OCC(Cl)OCc1cccc2ccccc12)c1ccccc1.O=C1c2ccccc2C(=O)N1CC(Cl)OCC1CC2CCC1C2. The third kappa shape index (κ3) is 14.5. The van der Waals surface area contributed by atoms with Crippen molar-refractivity contribution in [3.05, 3.63) is 191 Å². The Balaban J connectivity index is 0.000000150. The molecule has 0 N–H and O–H groups in total. The summed E-state index contributed by atoms with van der Waals surface area (Å²) in [5.74, 6) is 1.59. The summed E-state index contributed by atoms with van der Waals surface area (Å²) in [7, 11) is 0. The van der Waals surface area contributed by atoms with Gasteiger partial charge in [-0.2, -0.15) is 0 Å². The van der Waals surface area contributed by atoms with Crippen molar-refractivity contribution in [3.8, 4) is 0 Å². The van der Waals surface area contributed by atoms with E-state index < -0.39 is 17.1 Å². The first kappa shape index (κ1) is 49.8. The Kier molecular flexibility index (Phi) is 18.9. The molecule has 2 fully saturated rings. The highest BCUT2D eigenvalue weighted by Gasteiger charge is 2.40. The van der Waals surface area contributed by atoms with Gasteiger partial charge in [0.25, 0.3) is 11.8 Å². The second-order valence-electron chi connectivity index (χ2n) is 17.4. The Bertz CT molecular complexity index is 2450. The Morgan fingerprint density at radius 1 is 0.657 bits per heavy atom. The largest absolute Gasteiger partial charge is 0.458 e. The van der Waals surface area contributed by atoms with Crippen LogP contribution in [-0.2, 0) is 38.4 Å². The highest BCUT2D eigenvalue weighted by Crippen LogP contribution is 2.48. The van der Waals surface area contributed by atoms with Crippen LogP contribution in [0.25, 0.3) is 10.8 Å². The van der Waals surface area contributed by atoms with Gasteiger partial charge in [0, 0.05) is 5.92 Å². The number of halogens is 3. The van der Waals surface area contributed by atoms with Crippen LogP contribution in [0, 0.1) is 23.7 Å². The second kappa shape index (κ2) is 25.3. The maximum atomic E-state index is 12.3. The second-order valence-corrected chi connectivity index (χ2v) is 18.8. The summed E-state index contributed by atoms with van der Waals surface area (Å²) in [4.78, 5) is 37.7. The van der Waals surface area contributed by atoms with Gasteiger partial charge in [0.05, 0.1) is 43.1 Å². The number of amides is 2. The van der Waals surface area contributed by atoms with Gasteiger partial charge in [0.2, 0.25) is 0 Å². The van der Waals surface area contributed by atoms with Gasteiger partial charge < -0.3 is 18.9 Å². The molecule has 9 rings (SSSR count). The fourth-order valence-electron chi connectivity index (χ4n) is 9.03. The fraction of sp³-hybridized carbons (Fsp3) is 0.339. The van der Waals surface area contributed by atoms with E-state index in [4.69, 9.17) is 53.8 Å². The lowest BCUT2D eigenvalue weighted by atomic mass is 9.90. The molecule has 1 aliphatic heterocycles. The zero-order valence-electron chi connectivity index (χ0n) is 37.8. The number of carbonyl (C=O) groups excluding carboxylic acids is 3. The molecule has 2 bridgehead atoms. The Hall–Kier alpha value is -5.06. The standard InChI is InChI=1S/C20H17ClO3.C18H20ClNO3.C18H21ClO/c21-19(14-24-20(22)16-8-2-1-3-9-16)23-13-17-11-6-10-15-7-4-5-12-18(15)17;19-16(23-10-13-8-11-5-6-12(13)7-11)9-20-17(21)14-3-1-2-4-15(14)18(20)22;1-15(14-17-10-6-3-7-11-17)18(19)20-13-12-16-8-4-2-5-9-16/h1-12,19H,13-14H2;1-4,11-13,16H,5-10H2;2-11,15,18H,12-14H2,1H3. The molecular formula is C56H58Cl3NO7. The number of esters is 1. The average Bonchev–Trinajstić information content (AvgIpc) is 4.07. The molecule has 2 aliphatic carbocycles. The molecule has 67 heavy (non-hydrogen) atoms. The molecule has 2 saturated carbocycles. The van der Waals surface area contributed by atoms with Crippen molar-refractivity contribution in [2.24, 2.45) is 23.7 Å². The van der Waals surface area contributed by atoms with Crippen molar-refractivity contribution in [2.45, 2.75) is 68.7 Å². The fourth-order valence-corrected chi connectivity index (χ4v) is 9.55. The minimum Gasteiger partial charge on any atom is -0.458 e. The van der Waals surface area contributed by atoms with Crippen LogP contribution in [0.2, 0.25) is 0 Å². The molecule has 11 heteroatoms. The van der Waals surface area contributed by atoms with Crippen molar-refractivity contribution in [1.29, 1.82) is 0 Å². The van der Waals surface area contributed by atoms with Gasteiger partial charge in [-0.15, -0.1) is 0 Å². The average molecular weight is 963 g/mol. The molecular weight excluding hydrogens is 905 g/mol. The highest BCUT2D eigenvalue weighted by atomic mass is 35.5. The molecule has 8 nitrogen and oxygen atoms in total. The topological polar surface area (TPSA) is 91.4 Å². The molecule has 7 unspecified atom stereocenters. The first-order valence-corrected chi connectivity index (χ1v) is 24.4. The van der Waals surface area contributed by atoms with Gasteiger partial charge in [-0.05, 0) is 102 Å². The van der Waals surface area contributed by atoms with E-state index in [1.165, 1.54) is 41.7 Å². The molecule has 6 aromatic rings. The van der Waals surface area contributed by atoms with Crippen LogP contribution in [0.3, 0.4) is 0 Å². The van der Waals surface area contributed by atoms with E-state index in [2.05, 4.69) is 55.5 Å². The summed E-state index contributed by atoms with van der Waals surface area (Å²) in [6.07, 6.45) is 7.09. The van der Waals surface area contributed by atoms with Crippen LogP contribution in [0.5, 0.6) is 0 Å². The number of benzene rings is 6. The van der Waals surface area contributed by atoms with Crippen LogP contribution in [0.1, 0.15) is 80.4 Å². The Morgan fingerprint density at radius 3 is 1.93 bits per heavy atom. The number of imide groups is 1. The maximum absolute atomic E-state index is 12.3. The molecule has 2 amide bonds. The van der Waals surface area contributed by atoms with Crippen molar-refractivity contribution >= 4 is 63.4 Å². The van der Waals surface area contributed by atoms with Gasteiger partial charge >= 0.3 is 5.97 Å². The number of rotatable bonds is 18. The van der Waals surface area contributed by atoms with Crippen molar-refractivity contribution < 1.29 is 33.3 Å². The molecule has 1 heterocycles. The summed E-state index contributed by atoms with van der Waals surface area (Å²) < 4.78 is 22.3. The minimum atomic E-state index is -0.698. The number of carbonyl (C=O) groups is 3. The summed E-state index contributed by atoms with van der Waals surface area (Å²) in [5.41, 5.74) is 3.46. The summed E-state index contributed by atoms with van der Waals surface area (Å²) in [6.45, 7) is 3.90. The Morgan fingerprint density at radius 2 is 1.27 bits per heavy atom.